The maximum Gasteiger partial charge on any atom is 0.410 e. The Morgan fingerprint density at radius 1 is 1.28 bits per heavy atom. The van der Waals surface area contributed by atoms with Crippen LogP contribution in [0.15, 0.2) is 0 Å². The van der Waals surface area contributed by atoms with Gasteiger partial charge < -0.3 is 14.6 Å². The predicted octanol–water partition coefficient (Wildman–Crippen LogP) is 0.920. The van der Waals surface area contributed by atoms with E-state index in [1.54, 1.807) is 20.8 Å². The van der Waals surface area contributed by atoms with E-state index >= 15 is 0 Å². The fraction of sp³-hybridized carbons (Fsp3) is 0.833. The molecule has 0 bridgehead atoms. The molecule has 1 rings (SSSR count). The van der Waals surface area contributed by atoms with E-state index in [4.69, 9.17) is 4.74 Å². The Bertz CT molecular complexity index is 323. The summed E-state index contributed by atoms with van der Waals surface area (Å²) in [7, 11) is 1.25. The monoisotopic (exact) mass is 259 g/mol. The number of aliphatic hydroxyl groups excluding tert-OH is 1. The third kappa shape index (κ3) is 3.87. The average Bonchev–Trinajstić information content (AvgIpc) is 2.25. The Balaban J connectivity index is 2.77. The summed E-state index contributed by atoms with van der Waals surface area (Å²) in [5, 5.41) is 9.55. The summed E-state index contributed by atoms with van der Waals surface area (Å²) in [4.78, 5) is 24.8. The largest absolute Gasteiger partial charge is 0.458 e. The van der Waals surface area contributed by atoms with Gasteiger partial charge in [-0.3, -0.25) is 4.90 Å². The summed E-state index contributed by atoms with van der Waals surface area (Å²) < 4.78 is 9.88. The first kappa shape index (κ1) is 14.8. The molecule has 1 fully saturated rings. The molecule has 1 aliphatic heterocycles. The van der Waals surface area contributed by atoms with Gasteiger partial charge in [0, 0.05) is 0 Å². The van der Waals surface area contributed by atoms with Crippen LogP contribution in [0.3, 0.4) is 0 Å². The van der Waals surface area contributed by atoms with Crippen molar-refractivity contribution in [3.8, 4) is 0 Å². The standard InChI is InChI=1S/C12H21NO5/c1-12(2,3)18-10(15)9-6-5-8(14)7-13(9)11(16)17-4/h8-9,14H,5-7H2,1-4H3/t8-,9+/m1/s1. The third-order valence-electron chi connectivity index (χ3n) is 2.64. The summed E-state index contributed by atoms with van der Waals surface area (Å²) in [6.45, 7) is 5.40. The summed E-state index contributed by atoms with van der Waals surface area (Å²) in [5.41, 5.74) is -0.602. The zero-order valence-electron chi connectivity index (χ0n) is 11.3. The van der Waals surface area contributed by atoms with Crippen molar-refractivity contribution in [3.63, 3.8) is 0 Å². The second kappa shape index (κ2) is 5.56. The Hall–Kier alpha value is -1.30. The molecule has 1 N–H and O–H groups in total. The number of aliphatic hydroxyl groups is 1. The molecule has 1 aliphatic rings. The van der Waals surface area contributed by atoms with Crippen LogP contribution in [0.1, 0.15) is 33.6 Å². The molecule has 104 valence electrons. The fourth-order valence-corrected chi connectivity index (χ4v) is 1.89. The Kier molecular flexibility index (Phi) is 4.56. The molecule has 1 saturated heterocycles. The lowest BCUT2D eigenvalue weighted by molar-refractivity contribution is -0.163. The number of likely N-dealkylation sites (tertiary alicyclic amines) is 1. The summed E-state index contributed by atoms with van der Waals surface area (Å²) >= 11 is 0. The van der Waals surface area contributed by atoms with Gasteiger partial charge in [0.15, 0.2) is 0 Å². The number of rotatable bonds is 1. The van der Waals surface area contributed by atoms with E-state index in [0.717, 1.165) is 0 Å². The normalized spacial score (nSPS) is 24.6. The molecule has 0 aromatic rings. The van der Waals surface area contributed by atoms with Gasteiger partial charge in [0.2, 0.25) is 0 Å². The highest BCUT2D eigenvalue weighted by atomic mass is 16.6. The van der Waals surface area contributed by atoms with Crippen LogP contribution in [0.4, 0.5) is 4.79 Å². The van der Waals surface area contributed by atoms with Gasteiger partial charge in [-0.2, -0.15) is 0 Å². The maximum atomic E-state index is 12.0. The first-order valence-electron chi connectivity index (χ1n) is 6.00. The quantitative estimate of drug-likeness (QED) is 0.709. The number of hydrogen-bond donors (Lipinski definition) is 1. The molecule has 1 amide bonds. The number of esters is 1. The lowest BCUT2D eigenvalue weighted by Crippen LogP contribution is -2.53. The number of ether oxygens (including phenoxy) is 2. The number of carbonyl (C=O) groups excluding carboxylic acids is 2. The molecule has 0 aromatic carbocycles. The van der Waals surface area contributed by atoms with Crippen LogP contribution in [-0.4, -0.2) is 53.5 Å². The molecule has 0 saturated carbocycles. The van der Waals surface area contributed by atoms with Crippen molar-refractivity contribution in [2.45, 2.75) is 51.4 Å². The number of β-amino-alcohol motifs (C(OH)–C–C–N with tert-alkyl or cyclic N) is 1. The van der Waals surface area contributed by atoms with E-state index in [9.17, 15) is 14.7 Å². The van der Waals surface area contributed by atoms with E-state index in [1.165, 1.54) is 12.0 Å². The van der Waals surface area contributed by atoms with E-state index in [2.05, 4.69) is 4.74 Å². The van der Waals surface area contributed by atoms with Crippen molar-refractivity contribution in [2.75, 3.05) is 13.7 Å². The highest BCUT2D eigenvalue weighted by Crippen LogP contribution is 2.21. The molecule has 18 heavy (non-hydrogen) atoms. The van der Waals surface area contributed by atoms with Crippen molar-refractivity contribution >= 4 is 12.1 Å². The third-order valence-corrected chi connectivity index (χ3v) is 2.64. The zero-order chi connectivity index (χ0) is 13.9. The van der Waals surface area contributed by atoms with Crippen LogP contribution >= 0.6 is 0 Å². The van der Waals surface area contributed by atoms with Crippen molar-refractivity contribution in [2.24, 2.45) is 0 Å². The second-order valence-corrected chi connectivity index (χ2v) is 5.40. The number of hydrogen-bond acceptors (Lipinski definition) is 5. The Morgan fingerprint density at radius 3 is 2.39 bits per heavy atom. The maximum absolute atomic E-state index is 12.0. The van der Waals surface area contributed by atoms with Gasteiger partial charge in [-0.1, -0.05) is 0 Å². The van der Waals surface area contributed by atoms with E-state index in [1.807, 2.05) is 0 Å². The van der Waals surface area contributed by atoms with Crippen LogP contribution in [0.2, 0.25) is 0 Å². The van der Waals surface area contributed by atoms with Gasteiger partial charge in [-0.25, -0.2) is 9.59 Å². The van der Waals surface area contributed by atoms with Crippen LogP contribution in [0.25, 0.3) is 0 Å². The van der Waals surface area contributed by atoms with Crippen LogP contribution in [-0.2, 0) is 14.3 Å². The number of nitrogens with zero attached hydrogens (tertiary/aromatic N) is 1. The highest BCUT2D eigenvalue weighted by molar-refractivity contribution is 5.82. The molecule has 0 unspecified atom stereocenters. The van der Waals surface area contributed by atoms with Crippen LogP contribution in [0.5, 0.6) is 0 Å². The summed E-state index contributed by atoms with van der Waals surface area (Å²) in [6.07, 6.45) is -0.393. The topological polar surface area (TPSA) is 76.1 Å². The number of carbonyl (C=O) groups is 2. The fourth-order valence-electron chi connectivity index (χ4n) is 1.89. The van der Waals surface area contributed by atoms with E-state index < -0.39 is 29.8 Å². The molecule has 6 heteroatoms. The molecule has 1 heterocycles. The SMILES string of the molecule is COC(=O)N1C[C@H](O)CC[C@H]1C(=O)OC(C)(C)C. The van der Waals surface area contributed by atoms with E-state index in [0.29, 0.717) is 12.8 Å². The minimum absolute atomic E-state index is 0.0938. The van der Waals surface area contributed by atoms with Crippen LogP contribution < -0.4 is 0 Å². The van der Waals surface area contributed by atoms with E-state index in [-0.39, 0.29) is 6.54 Å². The molecule has 0 aliphatic carbocycles. The predicted molar refractivity (Wildman–Crippen MR) is 64.0 cm³/mol. The molecular weight excluding hydrogens is 238 g/mol. The Labute approximate surface area is 107 Å². The average molecular weight is 259 g/mol. The summed E-state index contributed by atoms with van der Waals surface area (Å²) in [5.74, 6) is -0.459. The van der Waals surface area contributed by atoms with Gasteiger partial charge in [-0.05, 0) is 33.6 Å². The minimum atomic E-state index is -0.680. The van der Waals surface area contributed by atoms with Gasteiger partial charge >= 0.3 is 12.1 Å². The number of methoxy groups -OCH3 is 1. The van der Waals surface area contributed by atoms with Crippen molar-refractivity contribution < 1.29 is 24.2 Å². The van der Waals surface area contributed by atoms with Crippen molar-refractivity contribution in [1.29, 1.82) is 0 Å². The zero-order valence-corrected chi connectivity index (χ0v) is 11.3. The lowest BCUT2D eigenvalue weighted by Gasteiger charge is -2.36. The first-order chi connectivity index (χ1) is 8.24. The van der Waals surface area contributed by atoms with Crippen molar-refractivity contribution in [3.05, 3.63) is 0 Å². The number of piperidine rings is 1. The second-order valence-electron chi connectivity index (χ2n) is 5.40. The molecule has 0 radical (unpaired) electrons. The number of amides is 1. The Morgan fingerprint density at radius 2 is 1.89 bits per heavy atom. The van der Waals surface area contributed by atoms with Gasteiger partial charge in [0.05, 0.1) is 19.8 Å². The van der Waals surface area contributed by atoms with Crippen LogP contribution in [0, 0.1) is 0 Å². The summed E-state index contributed by atoms with van der Waals surface area (Å²) in [6, 6.07) is -0.680. The first-order valence-corrected chi connectivity index (χ1v) is 6.00. The smallest absolute Gasteiger partial charge is 0.410 e. The highest BCUT2D eigenvalue weighted by Gasteiger charge is 2.38. The molecule has 0 aromatic heterocycles. The van der Waals surface area contributed by atoms with Gasteiger partial charge in [-0.15, -0.1) is 0 Å². The van der Waals surface area contributed by atoms with Crippen molar-refractivity contribution in [1.82, 2.24) is 4.90 Å². The molecule has 2 atom stereocenters. The lowest BCUT2D eigenvalue weighted by atomic mass is 10.0. The molecule has 0 spiro atoms. The molecule has 6 nitrogen and oxygen atoms in total. The van der Waals surface area contributed by atoms with Gasteiger partial charge in [0.1, 0.15) is 11.6 Å². The minimum Gasteiger partial charge on any atom is -0.458 e. The van der Waals surface area contributed by atoms with Gasteiger partial charge in [0.25, 0.3) is 0 Å². The molecular formula is C12H21NO5.